The monoisotopic (exact) mass is 297 g/mol. The van der Waals surface area contributed by atoms with E-state index in [0.29, 0.717) is 23.7 Å². The molecule has 0 saturated heterocycles. The predicted molar refractivity (Wildman–Crippen MR) is 83.6 cm³/mol. The van der Waals surface area contributed by atoms with E-state index < -0.39 is 0 Å². The third kappa shape index (κ3) is 2.34. The zero-order chi connectivity index (χ0) is 15.7. The first-order valence-electron chi connectivity index (χ1n) is 7.29. The van der Waals surface area contributed by atoms with Gasteiger partial charge in [-0.05, 0) is 29.8 Å². The highest BCUT2D eigenvalue weighted by atomic mass is 16.5. The first kappa shape index (κ1) is 14.6. The Labute approximate surface area is 130 Å². The van der Waals surface area contributed by atoms with Gasteiger partial charge < -0.3 is 9.47 Å². The molecule has 4 heteroatoms. The van der Waals surface area contributed by atoms with Gasteiger partial charge in [0.1, 0.15) is 11.5 Å². The van der Waals surface area contributed by atoms with Crippen LogP contribution in [0.1, 0.15) is 29.8 Å². The van der Waals surface area contributed by atoms with Crippen molar-refractivity contribution >= 4 is 5.78 Å². The molecule has 0 radical (unpaired) electrons. The summed E-state index contributed by atoms with van der Waals surface area (Å²) in [5.41, 5.74) is 1.39. The highest BCUT2D eigenvalue weighted by molar-refractivity contribution is 6.02. The molecule has 0 N–H and O–H groups in total. The zero-order valence-electron chi connectivity index (χ0n) is 13.0. The van der Waals surface area contributed by atoms with Gasteiger partial charge in [0.25, 0.3) is 0 Å². The van der Waals surface area contributed by atoms with Crippen LogP contribution in [0.4, 0.5) is 0 Å². The Kier molecular flexibility index (Phi) is 3.61. The quantitative estimate of drug-likeness (QED) is 0.872. The molecule has 1 aromatic heterocycles. The van der Waals surface area contributed by atoms with Crippen molar-refractivity contribution in [2.75, 3.05) is 13.7 Å². The summed E-state index contributed by atoms with van der Waals surface area (Å²) in [5, 5.41) is 0. The number of aromatic nitrogens is 1. The molecule has 2 aromatic rings. The number of rotatable bonds is 3. The van der Waals surface area contributed by atoms with Crippen molar-refractivity contribution in [3.05, 3.63) is 53.9 Å². The molecule has 1 aliphatic rings. The van der Waals surface area contributed by atoms with Crippen LogP contribution in [0.15, 0.2) is 42.7 Å². The first-order chi connectivity index (χ1) is 10.5. The number of fused-ring (bicyclic) bond motifs is 1. The third-order valence-corrected chi connectivity index (χ3v) is 4.47. The molecular weight excluding hydrogens is 278 g/mol. The Bertz CT molecular complexity index is 695. The van der Waals surface area contributed by atoms with Gasteiger partial charge in [-0.3, -0.25) is 9.78 Å². The normalized spacial score (nSPS) is 17.6. The van der Waals surface area contributed by atoms with Gasteiger partial charge in [0.15, 0.2) is 5.78 Å². The molecule has 0 saturated carbocycles. The molecule has 1 unspecified atom stereocenters. The number of hydrogen-bond donors (Lipinski definition) is 0. The Morgan fingerprint density at radius 1 is 1.23 bits per heavy atom. The number of carbonyl (C=O) groups excluding carboxylic acids is 1. The molecule has 2 heterocycles. The number of Topliss-reactive ketones (excluding diaryl/α,β-unsaturated/α-hetero) is 1. The fourth-order valence-corrected chi connectivity index (χ4v) is 2.91. The van der Waals surface area contributed by atoms with Gasteiger partial charge in [0.2, 0.25) is 0 Å². The lowest BCUT2D eigenvalue weighted by Gasteiger charge is -2.36. The van der Waals surface area contributed by atoms with Crippen LogP contribution in [0, 0.1) is 5.92 Å². The number of ketones is 1. The van der Waals surface area contributed by atoms with Crippen molar-refractivity contribution in [3.8, 4) is 11.5 Å². The Morgan fingerprint density at radius 2 is 1.95 bits per heavy atom. The second kappa shape index (κ2) is 5.44. The maximum Gasteiger partial charge on any atom is 0.173 e. The minimum absolute atomic E-state index is 0.116. The van der Waals surface area contributed by atoms with Gasteiger partial charge in [-0.1, -0.05) is 13.8 Å². The van der Waals surface area contributed by atoms with Crippen LogP contribution >= 0.6 is 0 Å². The average Bonchev–Trinajstić information content (AvgIpc) is 2.55. The van der Waals surface area contributed by atoms with Crippen molar-refractivity contribution in [1.29, 1.82) is 0 Å². The summed E-state index contributed by atoms with van der Waals surface area (Å²) in [5.74, 6) is 1.19. The number of carbonyl (C=O) groups is 1. The summed E-state index contributed by atoms with van der Waals surface area (Å²) in [6.45, 7) is 4.51. The fraction of sp³-hybridized carbons (Fsp3) is 0.333. The summed E-state index contributed by atoms with van der Waals surface area (Å²) in [6, 6.07) is 9.25. The van der Waals surface area contributed by atoms with Crippen molar-refractivity contribution < 1.29 is 14.3 Å². The third-order valence-electron chi connectivity index (χ3n) is 4.47. The van der Waals surface area contributed by atoms with Gasteiger partial charge >= 0.3 is 0 Å². The highest BCUT2D eigenvalue weighted by Crippen LogP contribution is 2.39. The Balaban J connectivity index is 1.96. The van der Waals surface area contributed by atoms with Crippen LogP contribution in [-0.4, -0.2) is 24.5 Å². The second-order valence-corrected chi connectivity index (χ2v) is 6.05. The smallest absolute Gasteiger partial charge is 0.173 e. The van der Waals surface area contributed by atoms with Crippen LogP contribution in [0.25, 0.3) is 0 Å². The maximum absolute atomic E-state index is 12.9. The lowest BCUT2D eigenvalue weighted by Crippen LogP contribution is -2.41. The van der Waals surface area contributed by atoms with E-state index in [1.165, 1.54) is 0 Å². The van der Waals surface area contributed by atoms with E-state index in [1.54, 1.807) is 37.7 Å². The lowest BCUT2D eigenvalue weighted by atomic mass is 9.70. The molecule has 4 nitrogen and oxygen atoms in total. The molecule has 114 valence electrons. The van der Waals surface area contributed by atoms with Crippen molar-refractivity contribution in [2.45, 2.75) is 19.3 Å². The molecule has 0 amide bonds. The van der Waals surface area contributed by atoms with Gasteiger partial charge in [0.05, 0.1) is 25.2 Å². The van der Waals surface area contributed by atoms with E-state index in [4.69, 9.17) is 9.47 Å². The standard InChI is InChI=1S/C18H19NO3/c1-18(2,12-6-8-19-9-7-12)15-11-22-16-10-13(21-3)4-5-14(16)17(15)20/h4-10,15H,11H2,1-3H3. The molecule has 0 bridgehead atoms. The summed E-state index contributed by atoms with van der Waals surface area (Å²) in [6.07, 6.45) is 3.51. The first-order valence-corrected chi connectivity index (χ1v) is 7.29. The van der Waals surface area contributed by atoms with Crippen LogP contribution in [0.2, 0.25) is 0 Å². The number of nitrogens with zero attached hydrogens (tertiary/aromatic N) is 1. The van der Waals surface area contributed by atoms with Gasteiger partial charge in [-0.25, -0.2) is 0 Å². The summed E-state index contributed by atoms with van der Waals surface area (Å²) in [4.78, 5) is 16.9. The number of hydrogen-bond acceptors (Lipinski definition) is 4. The molecule has 1 atom stereocenters. The Morgan fingerprint density at radius 3 is 2.64 bits per heavy atom. The van der Waals surface area contributed by atoms with E-state index in [2.05, 4.69) is 18.8 Å². The van der Waals surface area contributed by atoms with Crippen LogP contribution < -0.4 is 9.47 Å². The van der Waals surface area contributed by atoms with Crippen LogP contribution in [0.5, 0.6) is 11.5 Å². The topological polar surface area (TPSA) is 48.4 Å². The summed E-state index contributed by atoms with van der Waals surface area (Å²) >= 11 is 0. The maximum atomic E-state index is 12.9. The molecule has 0 aliphatic carbocycles. The molecule has 1 aliphatic heterocycles. The molecule has 22 heavy (non-hydrogen) atoms. The molecule has 1 aromatic carbocycles. The summed E-state index contributed by atoms with van der Waals surface area (Å²) < 4.78 is 11.0. The van der Waals surface area contributed by atoms with Gasteiger partial charge in [0, 0.05) is 23.9 Å². The highest BCUT2D eigenvalue weighted by Gasteiger charge is 2.41. The van der Waals surface area contributed by atoms with E-state index in [9.17, 15) is 4.79 Å². The number of methoxy groups -OCH3 is 1. The zero-order valence-corrected chi connectivity index (χ0v) is 13.0. The van der Waals surface area contributed by atoms with Crippen LogP contribution in [0.3, 0.4) is 0 Å². The van der Waals surface area contributed by atoms with E-state index in [-0.39, 0.29) is 17.1 Å². The molecule has 0 spiro atoms. The number of ether oxygens (including phenoxy) is 2. The largest absolute Gasteiger partial charge is 0.497 e. The number of benzene rings is 1. The van der Waals surface area contributed by atoms with Crippen LogP contribution in [-0.2, 0) is 5.41 Å². The summed E-state index contributed by atoms with van der Waals surface area (Å²) in [7, 11) is 1.60. The SMILES string of the molecule is COc1ccc2c(c1)OCC(C(C)(C)c1ccncc1)C2=O. The lowest BCUT2D eigenvalue weighted by molar-refractivity contribution is 0.0736. The van der Waals surface area contributed by atoms with Crippen molar-refractivity contribution in [3.63, 3.8) is 0 Å². The molecule has 3 rings (SSSR count). The second-order valence-electron chi connectivity index (χ2n) is 6.05. The van der Waals surface area contributed by atoms with E-state index in [1.807, 2.05) is 12.1 Å². The van der Waals surface area contributed by atoms with Crippen molar-refractivity contribution in [1.82, 2.24) is 4.98 Å². The molecule has 0 fully saturated rings. The van der Waals surface area contributed by atoms with Gasteiger partial charge in [-0.15, -0.1) is 0 Å². The number of pyridine rings is 1. The fourth-order valence-electron chi connectivity index (χ4n) is 2.91. The van der Waals surface area contributed by atoms with E-state index >= 15 is 0 Å². The predicted octanol–water partition coefficient (Wildman–Crippen LogP) is 3.26. The van der Waals surface area contributed by atoms with E-state index in [0.717, 1.165) is 5.56 Å². The minimum atomic E-state index is -0.322. The Hall–Kier alpha value is -2.36. The minimum Gasteiger partial charge on any atom is -0.497 e. The van der Waals surface area contributed by atoms with Gasteiger partial charge in [-0.2, -0.15) is 0 Å². The van der Waals surface area contributed by atoms with Crippen molar-refractivity contribution in [2.24, 2.45) is 5.92 Å². The molecular formula is C18H19NO3. The average molecular weight is 297 g/mol.